The highest BCUT2D eigenvalue weighted by molar-refractivity contribution is 7.99. The summed E-state index contributed by atoms with van der Waals surface area (Å²) in [6.07, 6.45) is 0.867. The molecule has 5 nitrogen and oxygen atoms in total. The molecule has 0 amide bonds. The average molecular weight is 490 g/mol. The molecule has 1 aliphatic heterocycles. The minimum atomic E-state index is -0.0402. The third-order valence-electron chi connectivity index (χ3n) is 6.37. The number of likely N-dealkylation sites (N-methyl/N-ethyl adjacent to an activating group) is 1. The second-order valence-corrected chi connectivity index (χ2v) is 10.8. The predicted octanol–water partition coefficient (Wildman–Crippen LogP) is 5.42. The summed E-state index contributed by atoms with van der Waals surface area (Å²) in [5, 5.41) is 1.30. The lowest BCUT2D eigenvalue weighted by atomic mass is 10.1. The van der Waals surface area contributed by atoms with Gasteiger partial charge < -0.3 is 0 Å². The first-order valence-electron chi connectivity index (χ1n) is 11.5. The minimum absolute atomic E-state index is 0.0267. The molecule has 7 heteroatoms. The van der Waals surface area contributed by atoms with Crippen LogP contribution in [0.15, 0.2) is 58.5 Å². The van der Waals surface area contributed by atoms with E-state index in [2.05, 4.69) is 11.8 Å². The van der Waals surface area contributed by atoms with Crippen molar-refractivity contribution in [1.82, 2.24) is 14.5 Å². The molecule has 0 atom stereocenters. The number of carbonyl (C=O) groups is 1. The van der Waals surface area contributed by atoms with Gasteiger partial charge in [-0.25, -0.2) is 4.98 Å². The van der Waals surface area contributed by atoms with Crippen molar-refractivity contribution in [1.29, 1.82) is 0 Å². The van der Waals surface area contributed by atoms with Gasteiger partial charge in [0, 0.05) is 23.5 Å². The number of aromatic nitrogens is 2. The average Bonchev–Trinajstić information content (AvgIpc) is 3.21. The quantitative estimate of drug-likeness (QED) is 0.206. The van der Waals surface area contributed by atoms with Crippen LogP contribution in [-0.4, -0.2) is 39.1 Å². The zero-order chi connectivity index (χ0) is 23.8. The number of hydrogen-bond donors (Lipinski definition) is 0. The van der Waals surface area contributed by atoms with Gasteiger partial charge in [-0.2, -0.15) is 0 Å². The molecular formula is C27H27N3O2S2. The molecule has 2 aromatic carbocycles. The number of hydrogen-bond acceptors (Lipinski definition) is 6. The Bertz CT molecular complexity index is 1420. The van der Waals surface area contributed by atoms with Crippen LogP contribution < -0.4 is 5.56 Å². The molecule has 0 bridgehead atoms. The maximum atomic E-state index is 13.9. The van der Waals surface area contributed by atoms with Gasteiger partial charge in [-0.1, -0.05) is 66.2 Å². The standard InChI is InChI=1S/C27H27N3O2S2/c1-4-29-14-13-21-23(15-29)34-25-24(21)26(32)30(20-11-7-18(3)8-12-20)27(28-25)33-16-22(31)19-9-5-17(2)6-10-19/h5-12H,4,13-16H2,1-3H3. The van der Waals surface area contributed by atoms with Crippen molar-refractivity contribution in [3.05, 3.63) is 86.0 Å². The third-order valence-corrected chi connectivity index (χ3v) is 8.42. The van der Waals surface area contributed by atoms with Crippen LogP contribution in [0.25, 0.3) is 15.9 Å². The van der Waals surface area contributed by atoms with Crippen molar-refractivity contribution >= 4 is 39.1 Å². The first-order valence-corrected chi connectivity index (χ1v) is 13.3. The number of benzene rings is 2. The van der Waals surface area contributed by atoms with E-state index in [-0.39, 0.29) is 17.1 Å². The monoisotopic (exact) mass is 489 g/mol. The number of Topliss-reactive ketones (excluding diaryl/α,β-unsaturated/α-hetero) is 1. The number of rotatable bonds is 6. The highest BCUT2D eigenvalue weighted by Crippen LogP contribution is 2.34. The Labute approximate surface area is 207 Å². The summed E-state index contributed by atoms with van der Waals surface area (Å²) in [5.74, 6) is 0.251. The van der Waals surface area contributed by atoms with E-state index >= 15 is 0 Å². The molecule has 0 N–H and O–H groups in total. The third kappa shape index (κ3) is 4.35. The van der Waals surface area contributed by atoms with E-state index in [0.717, 1.165) is 58.6 Å². The van der Waals surface area contributed by atoms with Gasteiger partial charge in [0.2, 0.25) is 0 Å². The summed E-state index contributed by atoms with van der Waals surface area (Å²) < 4.78 is 1.69. The molecule has 0 fully saturated rings. The van der Waals surface area contributed by atoms with Crippen molar-refractivity contribution in [3.63, 3.8) is 0 Å². The molecule has 174 valence electrons. The lowest BCUT2D eigenvalue weighted by molar-refractivity contribution is 0.102. The normalized spacial score (nSPS) is 13.9. The molecule has 5 rings (SSSR count). The van der Waals surface area contributed by atoms with Gasteiger partial charge in [0.15, 0.2) is 10.9 Å². The molecule has 0 spiro atoms. The number of thioether (sulfide) groups is 1. The van der Waals surface area contributed by atoms with Gasteiger partial charge in [-0.15, -0.1) is 11.3 Å². The topological polar surface area (TPSA) is 55.2 Å². The smallest absolute Gasteiger partial charge is 0.267 e. The van der Waals surface area contributed by atoms with E-state index in [0.29, 0.717) is 10.7 Å². The van der Waals surface area contributed by atoms with Crippen LogP contribution in [0.5, 0.6) is 0 Å². The van der Waals surface area contributed by atoms with Gasteiger partial charge in [0.05, 0.1) is 16.8 Å². The highest BCUT2D eigenvalue weighted by atomic mass is 32.2. The van der Waals surface area contributed by atoms with Crippen LogP contribution in [0, 0.1) is 13.8 Å². The largest absolute Gasteiger partial charge is 0.298 e. The Balaban J connectivity index is 1.58. The Morgan fingerprint density at radius 3 is 2.41 bits per heavy atom. The second-order valence-electron chi connectivity index (χ2n) is 8.75. The van der Waals surface area contributed by atoms with Crippen molar-refractivity contribution in [2.75, 3.05) is 18.8 Å². The Morgan fingerprint density at radius 1 is 1.06 bits per heavy atom. The fourth-order valence-corrected chi connectivity index (χ4v) is 6.53. The number of carbonyl (C=O) groups excluding carboxylic acids is 1. The molecule has 3 heterocycles. The zero-order valence-corrected chi connectivity index (χ0v) is 21.3. The van der Waals surface area contributed by atoms with E-state index < -0.39 is 0 Å². The number of nitrogens with zero attached hydrogens (tertiary/aromatic N) is 3. The fourth-order valence-electron chi connectivity index (χ4n) is 4.32. The van der Waals surface area contributed by atoms with E-state index in [1.54, 1.807) is 15.9 Å². The Kier molecular flexibility index (Phi) is 6.42. The zero-order valence-electron chi connectivity index (χ0n) is 19.6. The lowest BCUT2D eigenvalue weighted by Crippen LogP contribution is -2.30. The van der Waals surface area contributed by atoms with Gasteiger partial charge in [-0.05, 0) is 44.5 Å². The van der Waals surface area contributed by atoms with Crippen molar-refractivity contribution < 1.29 is 4.79 Å². The molecule has 1 aliphatic rings. The van der Waals surface area contributed by atoms with E-state index in [1.165, 1.54) is 16.6 Å². The van der Waals surface area contributed by atoms with Gasteiger partial charge in [0.25, 0.3) is 5.56 Å². The fraction of sp³-hybridized carbons (Fsp3) is 0.296. The first-order chi connectivity index (χ1) is 16.4. The maximum absolute atomic E-state index is 13.9. The van der Waals surface area contributed by atoms with Crippen LogP contribution in [-0.2, 0) is 13.0 Å². The number of fused-ring (bicyclic) bond motifs is 3. The molecule has 2 aromatic heterocycles. The van der Waals surface area contributed by atoms with Crippen LogP contribution in [0.4, 0.5) is 0 Å². The molecule has 0 unspecified atom stereocenters. The van der Waals surface area contributed by atoms with E-state index in [9.17, 15) is 9.59 Å². The maximum Gasteiger partial charge on any atom is 0.267 e. The summed E-state index contributed by atoms with van der Waals surface area (Å²) >= 11 is 2.95. The molecule has 0 radical (unpaired) electrons. The van der Waals surface area contributed by atoms with Crippen molar-refractivity contribution in [2.45, 2.75) is 38.9 Å². The molecule has 4 aromatic rings. The summed E-state index contributed by atoms with van der Waals surface area (Å²) in [6, 6.07) is 15.5. The van der Waals surface area contributed by atoms with Crippen molar-refractivity contribution in [2.24, 2.45) is 0 Å². The first kappa shape index (κ1) is 23.0. The Hall–Kier alpha value is -2.74. The van der Waals surface area contributed by atoms with Crippen LogP contribution >= 0.6 is 23.1 Å². The highest BCUT2D eigenvalue weighted by Gasteiger charge is 2.25. The van der Waals surface area contributed by atoms with Gasteiger partial charge >= 0.3 is 0 Å². The van der Waals surface area contributed by atoms with Crippen LogP contribution in [0.2, 0.25) is 0 Å². The molecule has 0 saturated carbocycles. The molecule has 0 aliphatic carbocycles. The molecular weight excluding hydrogens is 462 g/mol. The van der Waals surface area contributed by atoms with E-state index in [1.807, 2.05) is 62.4 Å². The second kappa shape index (κ2) is 9.49. The number of thiophene rings is 1. The number of ketones is 1. The van der Waals surface area contributed by atoms with Gasteiger partial charge in [-0.3, -0.25) is 19.1 Å². The summed E-state index contributed by atoms with van der Waals surface area (Å²) in [6.45, 7) is 9.02. The van der Waals surface area contributed by atoms with Crippen molar-refractivity contribution in [3.8, 4) is 5.69 Å². The Morgan fingerprint density at radius 2 is 1.74 bits per heavy atom. The minimum Gasteiger partial charge on any atom is -0.298 e. The SMILES string of the molecule is CCN1CCc2c(sc3nc(SCC(=O)c4ccc(C)cc4)n(-c4ccc(C)cc4)c(=O)c23)C1. The van der Waals surface area contributed by atoms with Crippen LogP contribution in [0.1, 0.15) is 38.8 Å². The van der Waals surface area contributed by atoms with E-state index in [4.69, 9.17) is 4.98 Å². The summed E-state index contributed by atoms with van der Waals surface area (Å²) in [7, 11) is 0. The summed E-state index contributed by atoms with van der Waals surface area (Å²) in [5.41, 5.74) is 4.81. The lowest BCUT2D eigenvalue weighted by Gasteiger charge is -2.25. The molecule has 0 saturated heterocycles. The molecule has 34 heavy (non-hydrogen) atoms. The van der Waals surface area contributed by atoms with Crippen LogP contribution in [0.3, 0.4) is 0 Å². The number of aryl methyl sites for hydroxylation is 2. The summed E-state index contributed by atoms with van der Waals surface area (Å²) in [4.78, 5) is 36.1. The van der Waals surface area contributed by atoms with Gasteiger partial charge in [0.1, 0.15) is 4.83 Å². The predicted molar refractivity (Wildman–Crippen MR) is 141 cm³/mol.